The van der Waals surface area contributed by atoms with Crippen molar-refractivity contribution in [1.29, 1.82) is 0 Å². The molecule has 0 spiro atoms. The summed E-state index contributed by atoms with van der Waals surface area (Å²) in [5.74, 6) is 0.424. The lowest BCUT2D eigenvalue weighted by Gasteiger charge is -2.35. The van der Waals surface area contributed by atoms with E-state index in [9.17, 15) is 9.59 Å². The van der Waals surface area contributed by atoms with Crippen LogP contribution >= 0.6 is 0 Å². The molecule has 1 atom stereocenters. The van der Waals surface area contributed by atoms with Crippen LogP contribution in [0.15, 0.2) is 48.5 Å². The standard InChI is InChI=1S/C18H16O4/c1-12(19)21-14-8-9-15-16(20)11-18(2,22-17(15)10-14)13-6-4-3-5-7-13/h3-10H,11H2,1-2H3. The number of benzene rings is 2. The van der Waals surface area contributed by atoms with Gasteiger partial charge in [-0.15, -0.1) is 0 Å². The zero-order chi connectivity index (χ0) is 15.7. The van der Waals surface area contributed by atoms with Crippen molar-refractivity contribution in [1.82, 2.24) is 0 Å². The molecule has 112 valence electrons. The molecule has 2 aromatic rings. The molecule has 0 amide bonds. The first-order valence-corrected chi connectivity index (χ1v) is 7.08. The number of rotatable bonds is 2. The number of ketones is 1. The van der Waals surface area contributed by atoms with Gasteiger partial charge in [0.2, 0.25) is 0 Å². The van der Waals surface area contributed by atoms with Gasteiger partial charge in [-0.25, -0.2) is 0 Å². The molecule has 0 fully saturated rings. The maximum absolute atomic E-state index is 12.4. The number of ether oxygens (including phenoxy) is 2. The predicted molar refractivity (Wildman–Crippen MR) is 81.1 cm³/mol. The highest BCUT2D eigenvalue weighted by Crippen LogP contribution is 2.40. The van der Waals surface area contributed by atoms with E-state index in [0.29, 0.717) is 17.1 Å². The Morgan fingerprint density at radius 3 is 2.59 bits per heavy atom. The van der Waals surface area contributed by atoms with Gasteiger partial charge in [-0.2, -0.15) is 0 Å². The van der Waals surface area contributed by atoms with E-state index >= 15 is 0 Å². The van der Waals surface area contributed by atoms with E-state index in [0.717, 1.165) is 5.56 Å². The number of esters is 1. The highest BCUT2D eigenvalue weighted by molar-refractivity contribution is 6.00. The summed E-state index contributed by atoms with van der Waals surface area (Å²) in [5, 5.41) is 0. The third-order valence-electron chi connectivity index (χ3n) is 3.73. The number of Topliss-reactive ketones (excluding diaryl/α,β-unsaturated/α-hetero) is 1. The molecular weight excluding hydrogens is 280 g/mol. The molecule has 0 radical (unpaired) electrons. The van der Waals surface area contributed by atoms with Crippen molar-refractivity contribution in [3.05, 3.63) is 59.7 Å². The lowest BCUT2D eigenvalue weighted by atomic mass is 9.86. The second kappa shape index (κ2) is 5.30. The zero-order valence-electron chi connectivity index (χ0n) is 12.5. The van der Waals surface area contributed by atoms with E-state index in [1.165, 1.54) is 6.92 Å². The Morgan fingerprint density at radius 2 is 1.91 bits per heavy atom. The highest BCUT2D eigenvalue weighted by atomic mass is 16.5. The second-order valence-corrected chi connectivity index (χ2v) is 5.55. The summed E-state index contributed by atoms with van der Waals surface area (Å²) in [6.45, 7) is 3.22. The Labute approximate surface area is 128 Å². The highest BCUT2D eigenvalue weighted by Gasteiger charge is 2.38. The van der Waals surface area contributed by atoms with Crippen LogP contribution < -0.4 is 9.47 Å². The van der Waals surface area contributed by atoms with E-state index in [1.54, 1.807) is 18.2 Å². The first kappa shape index (κ1) is 14.3. The molecule has 4 nitrogen and oxygen atoms in total. The van der Waals surface area contributed by atoms with Crippen molar-refractivity contribution in [3.8, 4) is 11.5 Å². The van der Waals surface area contributed by atoms with Gasteiger partial charge in [-0.3, -0.25) is 9.59 Å². The minimum absolute atomic E-state index is 0.0157. The first-order valence-electron chi connectivity index (χ1n) is 7.08. The van der Waals surface area contributed by atoms with E-state index in [2.05, 4.69) is 0 Å². The average Bonchev–Trinajstić information content (AvgIpc) is 2.47. The van der Waals surface area contributed by atoms with Crippen molar-refractivity contribution in [3.63, 3.8) is 0 Å². The molecule has 1 unspecified atom stereocenters. The first-order chi connectivity index (χ1) is 10.5. The summed E-state index contributed by atoms with van der Waals surface area (Å²) in [6.07, 6.45) is 0.275. The lowest BCUT2D eigenvalue weighted by Crippen LogP contribution is -2.36. The van der Waals surface area contributed by atoms with Gasteiger partial charge in [0.25, 0.3) is 0 Å². The van der Waals surface area contributed by atoms with Gasteiger partial charge in [0.1, 0.15) is 17.1 Å². The minimum Gasteiger partial charge on any atom is -0.481 e. The SMILES string of the molecule is CC(=O)Oc1ccc2c(c1)OC(C)(c1ccccc1)CC2=O. The summed E-state index contributed by atoms with van der Waals surface area (Å²) >= 11 is 0. The van der Waals surface area contributed by atoms with Gasteiger partial charge in [0.15, 0.2) is 5.78 Å². The Hall–Kier alpha value is -2.62. The number of carbonyl (C=O) groups excluding carboxylic acids is 2. The number of carbonyl (C=O) groups is 2. The van der Waals surface area contributed by atoms with E-state index in [4.69, 9.17) is 9.47 Å². The van der Waals surface area contributed by atoms with Crippen LogP contribution in [-0.4, -0.2) is 11.8 Å². The fourth-order valence-corrected chi connectivity index (χ4v) is 2.68. The smallest absolute Gasteiger partial charge is 0.308 e. The molecule has 1 aliphatic rings. The summed E-state index contributed by atoms with van der Waals surface area (Å²) in [6, 6.07) is 14.5. The molecule has 1 aliphatic heterocycles. The van der Waals surface area contributed by atoms with Crippen molar-refractivity contribution in [2.75, 3.05) is 0 Å². The third kappa shape index (κ3) is 2.60. The van der Waals surface area contributed by atoms with Crippen LogP contribution in [0.25, 0.3) is 0 Å². The van der Waals surface area contributed by atoms with Crippen molar-refractivity contribution >= 4 is 11.8 Å². The molecule has 0 bridgehead atoms. The molecule has 0 saturated heterocycles. The molecule has 0 aromatic heterocycles. The van der Waals surface area contributed by atoms with Gasteiger partial charge >= 0.3 is 5.97 Å². The van der Waals surface area contributed by atoms with E-state index < -0.39 is 11.6 Å². The Morgan fingerprint density at radius 1 is 1.18 bits per heavy atom. The van der Waals surface area contributed by atoms with Crippen molar-refractivity contribution in [2.24, 2.45) is 0 Å². The van der Waals surface area contributed by atoms with Crippen LogP contribution in [-0.2, 0) is 10.4 Å². The van der Waals surface area contributed by atoms with Crippen LogP contribution in [0.5, 0.6) is 11.5 Å². The fraction of sp³-hybridized carbons (Fsp3) is 0.222. The van der Waals surface area contributed by atoms with Crippen LogP contribution in [0.2, 0.25) is 0 Å². The van der Waals surface area contributed by atoms with Crippen LogP contribution in [0.3, 0.4) is 0 Å². The van der Waals surface area contributed by atoms with Gasteiger partial charge in [0.05, 0.1) is 12.0 Å². The van der Waals surface area contributed by atoms with E-state index in [-0.39, 0.29) is 12.2 Å². The van der Waals surface area contributed by atoms with Gasteiger partial charge in [-0.1, -0.05) is 30.3 Å². The zero-order valence-corrected chi connectivity index (χ0v) is 12.5. The third-order valence-corrected chi connectivity index (χ3v) is 3.73. The fourth-order valence-electron chi connectivity index (χ4n) is 2.68. The Kier molecular flexibility index (Phi) is 3.45. The van der Waals surface area contributed by atoms with Crippen molar-refractivity contribution < 1.29 is 19.1 Å². The quantitative estimate of drug-likeness (QED) is 0.629. The molecule has 0 aliphatic carbocycles. The Balaban J connectivity index is 2.00. The molecule has 22 heavy (non-hydrogen) atoms. The molecule has 2 aromatic carbocycles. The predicted octanol–water partition coefficient (Wildman–Crippen LogP) is 3.49. The summed E-state index contributed by atoms with van der Waals surface area (Å²) in [7, 11) is 0. The number of hydrogen-bond donors (Lipinski definition) is 0. The van der Waals surface area contributed by atoms with Crippen LogP contribution in [0.1, 0.15) is 36.2 Å². The molecule has 1 heterocycles. The number of hydrogen-bond acceptors (Lipinski definition) is 4. The minimum atomic E-state index is -0.722. The van der Waals surface area contributed by atoms with Crippen LogP contribution in [0, 0.1) is 0 Å². The maximum Gasteiger partial charge on any atom is 0.308 e. The van der Waals surface area contributed by atoms with E-state index in [1.807, 2.05) is 37.3 Å². The van der Waals surface area contributed by atoms with Crippen LogP contribution in [0.4, 0.5) is 0 Å². The summed E-state index contributed by atoms with van der Waals surface area (Å²) in [5.41, 5.74) is 0.733. The largest absolute Gasteiger partial charge is 0.481 e. The molecule has 0 saturated carbocycles. The van der Waals surface area contributed by atoms with Gasteiger partial charge in [-0.05, 0) is 24.6 Å². The molecule has 3 rings (SSSR count). The molecule has 4 heteroatoms. The normalized spacial score (nSPS) is 20.0. The molecule has 0 N–H and O–H groups in total. The topological polar surface area (TPSA) is 52.6 Å². The Bertz CT molecular complexity index is 736. The van der Waals surface area contributed by atoms with Gasteiger partial charge in [0, 0.05) is 13.0 Å². The molecular formula is C18H16O4. The monoisotopic (exact) mass is 296 g/mol. The average molecular weight is 296 g/mol. The maximum atomic E-state index is 12.4. The second-order valence-electron chi connectivity index (χ2n) is 5.55. The number of fused-ring (bicyclic) bond motifs is 1. The van der Waals surface area contributed by atoms with Crippen molar-refractivity contribution in [2.45, 2.75) is 25.9 Å². The summed E-state index contributed by atoms with van der Waals surface area (Å²) in [4.78, 5) is 23.5. The van der Waals surface area contributed by atoms with Gasteiger partial charge < -0.3 is 9.47 Å². The lowest BCUT2D eigenvalue weighted by molar-refractivity contribution is -0.131. The summed E-state index contributed by atoms with van der Waals surface area (Å²) < 4.78 is 11.1.